The number of hydrogen-bond acceptors (Lipinski definition) is 3. The Morgan fingerprint density at radius 3 is 3.00 bits per heavy atom. The van der Waals surface area contributed by atoms with Crippen LogP contribution in [0.3, 0.4) is 0 Å². The third kappa shape index (κ3) is 3.55. The van der Waals surface area contributed by atoms with Gasteiger partial charge >= 0.3 is 0 Å². The number of hydrogen-bond donors (Lipinski definition) is 2. The summed E-state index contributed by atoms with van der Waals surface area (Å²) in [6.45, 7) is 4.28. The van der Waals surface area contributed by atoms with Gasteiger partial charge in [0.15, 0.2) is 6.10 Å². The van der Waals surface area contributed by atoms with E-state index in [0.29, 0.717) is 19.1 Å². The monoisotopic (exact) mass is 262 g/mol. The average Bonchev–Trinajstić information content (AvgIpc) is 2.44. The van der Waals surface area contributed by atoms with E-state index in [4.69, 9.17) is 4.74 Å². The Morgan fingerprint density at radius 1 is 1.42 bits per heavy atom. The van der Waals surface area contributed by atoms with Crippen LogP contribution in [0.25, 0.3) is 0 Å². The van der Waals surface area contributed by atoms with Crippen LogP contribution in [0.15, 0.2) is 24.3 Å². The summed E-state index contributed by atoms with van der Waals surface area (Å²) in [5, 5.41) is 6.08. The zero-order chi connectivity index (χ0) is 13.7. The number of ether oxygens (including phenoxy) is 1. The SMILES string of the molecule is CNCC(C)CNC(=O)C1OCCc2ccccc21. The molecule has 2 N–H and O–H groups in total. The number of rotatable bonds is 5. The van der Waals surface area contributed by atoms with E-state index in [1.54, 1.807) is 0 Å². The van der Waals surface area contributed by atoms with Crippen molar-refractivity contribution in [3.8, 4) is 0 Å². The van der Waals surface area contributed by atoms with Gasteiger partial charge in [0.25, 0.3) is 5.91 Å². The molecule has 0 bridgehead atoms. The quantitative estimate of drug-likeness (QED) is 0.840. The lowest BCUT2D eigenvalue weighted by Gasteiger charge is -2.25. The van der Waals surface area contributed by atoms with Gasteiger partial charge in [-0.1, -0.05) is 31.2 Å². The van der Waals surface area contributed by atoms with E-state index in [-0.39, 0.29) is 5.91 Å². The molecule has 0 saturated carbocycles. The molecule has 0 aliphatic carbocycles. The van der Waals surface area contributed by atoms with Crippen molar-refractivity contribution in [2.45, 2.75) is 19.4 Å². The van der Waals surface area contributed by atoms with Crippen molar-refractivity contribution in [3.05, 3.63) is 35.4 Å². The van der Waals surface area contributed by atoms with Gasteiger partial charge in [0, 0.05) is 6.54 Å². The van der Waals surface area contributed by atoms with Crippen LogP contribution in [0.1, 0.15) is 24.2 Å². The van der Waals surface area contributed by atoms with Gasteiger partial charge in [-0.2, -0.15) is 0 Å². The number of carbonyl (C=O) groups is 1. The van der Waals surface area contributed by atoms with Crippen molar-refractivity contribution in [1.82, 2.24) is 10.6 Å². The lowest BCUT2D eigenvalue weighted by Crippen LogP contribution is -2.37. The lowest BCUT2D eigenvalue weighted by molar-refractivity contribution is -0.134. The maximum Gasteiger partial charge on any atom is 0.253 e. The lowest BCUT2D eigenvalue weighted by atomic mass is 9.97. The van der Waals surface area contributed by atoms with Crippen LogP contribution in [0.4, 0.5) is 0 Å². The Hall–Kier alpha value is -1.39. The van der Waals surface area contributed by atoms with Gasteiger partial charge in [0.2, 0.25) is 0 Å². The van der Waals surface area contributed by atoms with E-state index in [1.165, 1.54) is 5.56 Å². The minimum absolute atomic E-state index is 0.0323. The first kappa shape index (κ1) is 14.0. The second kappa shape index (κ2) is 6.68. The molecule has 1 aliphatic rings. The highest BCUT2D eigenvalue weighted by Crippen LogP contribution is 2.26. The van der Waals surface area contributed by atoms with Crippen molar-refractivity contribution >= 4 is 5.91 Å². The topological polar surface area (TPSA) is 50.4 Å². The predicted molar refractivity (Wildman–Crippen MR) is 74.9 cm³/mol. The van der Waals surface area contributed by atoms with E-state index in [9.17, 15) is 4.79 Å². The first-order valence-electron chi connectivity index (χ1n) is 6.84. The van der Waals surface area contributed by atoms with Crippen molar-refractivity contribution in [2.75, 3.05) is 26.7 Å². The number of amides is 1. The molecule has 4 heteroatoms. The Labute approximate surface area is 114 Å². The molecular formula is C15H22N2O2. The summed E-state index contributed by atoms with van der Waals surface area (Å²) in [4.78, 5) is 12.2. The molecule has 1 heterocycles. The van der Waals surface area contributed by atoms with Gasteiger partial charge in [-0.3, -0.25) is 4.79 Å². The minimum Gasteiger partial charge on any atom is -0.363 e. The molecule has 104 valence electrons. The molecule has 2 rings (SSSR count). The van der Waals surface area contributed by atoms with E-state index in [1.807, 2.05) is 25.2 Å². The highest BCUT2D eigenvalue weighted by molar-refractivity contribution is 5.82. The summed E-state index contributed by atoms with van der Waals surface area (Å²) < 4.78 is 5.63. The molecule has 0 aromatic heterocycles. The van der Waals surface area contributed by atoms with E-state index in [2.05, 4.69) is 23.6 Å². The smallest absolute Gasteiger partial charge is 0.253 e. The summed E-state index contributed by atoms with van der Waals surface area (Å²) in [5.41, 5.74) is 2.23. The highest BCUT2D eigenvalue weighted by atomic mass is 16.5. The predicted octanol–water partition coefficient (Wildman–Crippen LogP) is 1.27. The Morgan fingerprint density at radius 2 is 2.21 bits per heavy atom. The first-order chi connectivity index (χ1) is 9.22. The Bertz CT molecular complexity index is 434. The second-order valence-corrected chi connectivity index (χ2v) is 5.11. The number of carbonyl (C=O) groups excluding carboxylic acids is 1. The van der Waals surface area contributed by atoms with Crippen molar-refractivity contribution < 1.29 is 9.53 Å². The van der Waals surface area contributed by atoms with E-state index in [0.717, 1.165) is 18.5 Å². The molecular weight excluding hydrogens is 240 g/mol. The molecule has 1 aromatic carbocycles. The van der Waals surface area contributed by atoms with Crippen LogP contribution in [0.5, 0.6) is 0 Å². The van der Waals surface area contributed by atoms with Gasteiger partial charge in [-0.25, -0.2) is 0 Å². The summed E-state index contributed by atoms with van der Waals surface area (Å²) in [5.74, 6) is 0.378. The van der Waals surface area contributed by atoms with Crippen LogP contribution in [-0.4, -0.2) is 32.7 Å². The summed E-state index contributed by atoms with van der Waals surface area (Å²) in [7, 11) is 1.92. The third-order valence-corrected chi connectivity index (χ3v) is 3.41. The molecule has 2 unspecified atom stereocenters. The maximum atomic E-state index is 12.2. The number of benzene rings is 1. The minimum atomic E-state index is -0.452. The van der Waals surface area contributed by atoms with Crippen LogP contribution < -0.4 is 10.6 Å². The van der Waals surface area contributed by atoms with Gasteiger partial charge in [0.05, 0.1) is 6.61 Å². The standard InChI is InChI=1S/C15H22N2O2/c1-11(9-16-2)10-17-15(18)14-13-6-4-3-5-12(13)7-8-19-14/h3-6,11,14,16H,7-10H2,1-2H3,(H,17,18). The molecule has 1 amide bonds. The number of fused-ring (bicyclic) bond motifs is 1. The Kier molecular flexibility index (Phi) is 4.93. The number of nitrogens with one attached hydrogen (secondary N) is 2. The fourth-order valence-corrected chi connectivity index (χ4v) is 2.40. The normalized spacial score (nSPS) is 19.6. The van der Waals surface area contributed by atoms with E-state index < -0.39 is 6.10 Å². The highest BCUT2D eigenvalue weighted by Gasteiger charge is 2.26. The molecule has 0 radical (unpaired) electrons. The molecule has 0 spiro atoms. The molecule has 1 aliphatic heterocycles. The van der Waals surface area contributed by atoms with Gasteiger partial charge in [-0.15, -0.1) is 0 Å². The molecule has 2 atom stereocenters. The third-order valence-electron chi connectivity index (χ3n) is 3.41. The van der Waals surface area contributed by atoms with Crippen LogP contribution in [-0.2, 0) is 16.0 Å². The van der Waals surface area contributed by atoms with Crippen LogP contribution in [0.2, 0.25) is 0 Å². The molecule has 0 saturated heterocycles. The van der Waals surface area contributed by atoms with Gasteiger partial charge < -0.3 is 15.4 Å². The van der Waals surface area contributed by atoms with Crippen molar-refractivity contribution in [1.29, 1.82) is 0 Å². The van der Waals surface area contributed by atoms with Crippen LogP contribution in [0, 0.1) is 5.92 Å². The fraction of sp³-hybridized carbons (Fsp3) is 0.533. The molecule has 19 heavy (non-hydrogen) atoms. The van der Waals surface area contributed by atoms with Gasteiger partial charge in [0.1, 0.15) is 0 Å². The van der Waals surface area contributed by atoms with Gasteiger partial charge in [-0.05, 0) is 37.1 Å². The van der Waals surface area contributed by atoms with E-state index >= 15 is 0 Å². The van der Waals surface area contributed by atoms with Crippen molar-refractivity contribution in [3.63, 3.8) is 0 Å². The largest absolute Gasteiger partial charge is 0.363 e. The molecule has 0 fully saturated rings. The average molecular weight is 262 g/mol. The summed E-state index contributed by atoms with van der Waals surface area (Å²) in [6, 6.07) is 8.02. The summed E-state index contributed by atoms with van der Waals surface area (Å²) in [6.07, 6.45) is 0.433. The zero-order valence-corrected chi connectivity index (χ0v) is 11.6. The fourth-order valence-electron chi connectivity index (χ4n) is 2.40. The summed E-state index contributed by atoms with van der Waals surface area (Å²) >= 11 is 0. The maximum absolute atomic E-state index is 12.2. The molecule has 4 nitrogen and oxygen atoms in total. The Balaban J connectivity index is 1.97. The van der Waals surface area contributed by atoms with Crippen LogP contribution >= 0.6 is 0 Å². The second-order valence-electron chi connectivity index (χ2n) is 5.11. The zero-order valence-electron chi connectivity index (χ0n) is 11.6. The molecule has 1 aromatic rings. The first-order valence-corrected chi connectivity index (χ1v) is 6.84. The van der Waals surface area contributed by atoms with Crippen molar-refractivity contribution in [2.24, 2.45) is 5.92 Å².